The van der Waals surface area contributed by atoms with Crippen LogP contribution in [-0.4, -0.2) is 16.9 Å². The molecule has 0 unspecified atom stereocenters. The van der Waals surface area contributed by atoms with Crippen LogP contribution in [0.25, 0.3) is 0 Å². The third-order valence-electron chi connectivity index (χ3n) is 3.94. The summed E-state index contributed by atoms with van der Waals surface area (Å²) in [5.41, 5.74) is -0.828. The third kappa shape index (κ3) is 3.67. The van der Waals surface area contributed by atoms with Crippen molar-refractivity contribution in [1.82, 2.24) is 10.3 Å². The van der Waals surface area contributed by atoms with Crippen LogP contribution in [-0.2, 0) is 6.18 Å². The molecular weight excluding hydrogens is 319 g/mol. The van der Waals surface area contributed by atoms with Crippen LogP contribution in [0.3, 0.4) is 0 Å². The van der Waals surface area contributed by atoms with Gasteiger partial charge in [-0.3, -0.25) is 4.79 Å². The Balaban J connectivity index is 1.87. The Hall–Kier alpha value is -2.57. The molecule has 0 bridgehead atoms. The monoisotopic (exact) mass is 335 g/mol. The molecule has 2 N–H and O–H groups in total. The van der Waals surface area contributed by atoms with Gasteiger partial charge in [-0.15, -0.1) is 0 Å². The maximum absolute atomic E-state index is 13.3. The number of benzene rings is 1. The van der Waals surface area contributed by atoms with Crippen molar-refractivity contribution in [3.63, 3.8) is 0 Å². The SMILES string of the molecule is O=C(NC1CCC1)c1cnc(Nc2ccccc2)cc1C(F)(F)F. The quantitative estimate of drug-likeness (QED) is 0.883. The number of anilines is 2. The summed E-state index contributed by atoms with van der Waals surface area (Å²) in [6, 6.07) is 9.57. The largest absolute Gasteiger partial charge is 0.417 e. The first-order valence-corrected chi connectivity index (χ1v) is 7.63. The molecule has 126 valence electrons. The van der Waals surface area contributed by atoms with Crippen LogP contribution in [0, 0.1) is 0 Å². The Morgan fingerprint density at radius 2 is 1.88 bits per heavy atom. The van der Waals surface area contributed by atoms with Crippen LogP contribution in [0.1, 0.15) is 35.2 Å². The Kier molecular flexibility index (Phi) is 4.42. The highest BCUT2D eigenvalue weighted by Gasteiger charge is 2.36. The Labute approximate surface area is 137 Å². The summed E-state index contributed by atoms with van der Waals surface area (Å²) in [6.45, 7) is 0. The van der Waals surface area contributed by atoms with Gasteiger partial charge in [-0.2, -0.15) is 13.2 Å². The summed E-state index contributed by atoms with van der Waals surface area (Å²) in [6.07, 6.45) is -1.08. The second kappa shape index (κ2) is 6.51. The highest BCUT2D eigenvalue weighted by Crippen LogP contribution is 2.34. The second-order valence-electron chi connectivity index (χ2n) is 5.71. The van der Waals surface area contributed by atoms with Crippen molar-refractivity contribution in [3.8, 4) is 0 Å². The lowest BCUT2D eigenvalue weighted by Crippen LogP contribution is -2.40. The zero-order chi connectivity index (χ0) is 17.2. The zero-order valence-corrected chi connectivity index (χ0v) is 12.7. The van der Waals surface area contributed by atoms with E-state index < -0.39 is 23.2 Å². The third-order valence-corrected chi connectivity index (χ3v) is 3.94. The average Bonchev–Trinajstić information content (AvgIpc) is 2.51. The highest BCUT2D eigenvalue weighted by molar-refractivity contribution is 5.96. The van der Waals surface area contributed by atoms with Crippen LogP contribution in [0.15, 0.2) is 42.6 Å². The number of carbonyl (C=O) groups excluding carboxylic acids is 1. The summed E-state index contributed by atoms with van der Waals surface area (Å²) < 4.78 is 40.0. The second-order valence-corrected chi connectivity index (χ2v) is 5.71. The van der Waals surface area contributed by atoms with Gasteiger partial charge in [0.2, 0.25) is 0 Å². The van der Waals surface area contributed by atoms with Crippen molar-refractivity contribution in [2.24, 2.45) is 0 Å². The van der Waals surface area contributed by atoms with Crippen LogP contribution in [0.4, 0.5) is 24.7 Å². The number of pyridine rings is 1. The predicted molar refractivity (Wildman–Crippen MR) is 84.1 cm³/mol. The van der Waals surface area contributed by atoms with E-state index in [2.05, 4.69) is 15.6 Å². The molecule has 4 nitrogen and oxygen atoms in total. The van der Waals surface area contributed by atoms with Gasteiger partial charge in [0, 0.05) is 17.9 Å². The average molecular weight is 335 g/mol. The number of alkyl halides is 3. The van der Waals surface area contributed by atoms with E-state index in [1.807, 2.05) is 0 Å². The van der Waals surface area contributed by atoms with E-state index in [1.165, 1.54) is 0 Å². The minimum absolute atomic E-state index is 0.0359. The topological polar surface area (TPSA) is 54.0 Å². The van der Waals surface area contributed by atoms with E-state index in [4.69, 9.17) is 0 Å². The van der Waals surface area contributed by atoms with E-state index in [-0.39, 0.29) is 11.9 Å². The Bertz CT molecular complexity index is 728. The summed E-state index contributed by atoms with van der Waals surface area (Å²) >= 11 is 0. The molecule has 3 rings (SSSR count). The van der Waals surface area contributed by atoms with Gasteiger partial charge >= 0.3 is 6.18 Å². The molecule has 1 aromatic heterocycles. The number of rotatable bonds is 4. The molecule has 1 fully saturated rings. The minimum atomic E-state index is -4.64. The maximum atomic E-state index is 13.3. The van der Waals surface area contributed by atoms with Crippen molar-refractivity contribution in [2.75, 3.05) is 5.32 Å². The Morgan fingerprint density at radius 3 is 2.46 bits per heavy atom. The van der Waals surface area contributed by atoms with Gasteiger partial charge < -0.3 is 10.6 Å². The molecule has 7 heteroatoms. The van der Waals surface area contributed by atoms with E-state index in [1.54, 1.807) is 30.3 Å². The van der Waals surface area contributed by atoms with Gasteiger partial charge in [-0.1, -0.05) is 18.2 Å². The number of hydrogen-bond donors (Lipinski definition) is 2. The fourth-order valence-corrected chi connectivity index (χ4v) is 2.42. The predicted octanol–water partition coefficient (Wildman–Crippen LogP) is 4.13. The fourth-order valence-electron chi connectivity index (χ4n) is 2.42. The molecule has 24 heavy (non-hydrogen) atoms. The van der Waals surface area contributed by atoms with Crippen molar-refractivity contribution in [3.05, 3.63) is 53.7 Å². The van der Waals surface area contributed by atoms with Gasteiger partial charge in [-0.25, -0.2) is 4.98 Å². The number of halogens is 3. The van der Waals surface area contributed by atoms with Crippen LogP contribution in [0.5, 0.6) is 0 Å². The van der Waals surface area contributed by atoms with Gasteiger partial charge in [0.25, 0.3) is 5.91 Å². The molecule has 2 aromatic rings. The fraction of sp³-hybridized carbons (Fsp3) is 0.294. The lowest BCUT2D eigenvalue weighted by atomic mass is 9.93. The molecular formula is C17H16F3N3O. The molecule has 1 heterocycles. The smallest absolute Gasteiger partial charge is 0.349 e. The standard InChI is InChI=1S/C17H16F3N3O/c18-17(19,20)14-9-15(22-11-5-2-1-3-6-11)21-10-13(14)16(24)23-12-7-4-8-12/h1-3,5-6,9-10,12H,4,7-8H2,(H,21,22)(H,23,24). The first kappa shape index (κ1) is 16.3. The van der Waals surface area contributed by atoms with Crippen molar-refractivity contribution in [2.45, 2.75) is 31.5 Å². The number of aromatic nitrogens is 1. The first-order chi connectivity index (χ1) is 11.4. The summed E-state index contributed by atoms with van der Waals surface area (Å²) in [5, 5.41) is 5.42. The van der Waals surface area contributed by atoms with Crippen molar-refractivity contribution < 1.29 is 18.0 Å². The van der Waals surface area contributed by atoms with Crippen LogP contribution in [0.2, 0.25) is 0 Å². The summed E-state index contributed by atoms with van der Waals surface area (Å²) in [5.74, 6) is -0.695. The molecule has 0 aliphatic heterocycles. The molecule has 0 saturated heterocycles. The minimum Gasteiger partial charge on any atom is -0.349 e. The van der Waals surface area contributed by atoms with Gasteiger partial charge in [0.05, 0.1) is 11.1 Å². The van der Waals surface area contributed by atoms with E-state index in [0.717, 1.165) is 31.5 Å². The van der Waals surface area contributed by atoms with Crippen molar-refractivity contribution >= 4 is 17.4 Å². The van der Waals surface area contributed by atoms with Crippen LogP contribution >= 0.6 is 0 Å². The maximum Gasteiger partial charge on any atom is 0.417 e. The summed E-state index contributed by atoms with van der Waals surface area (Å²) in [4.78, 5) is 16.1. The molecule has 1 aromatic carbocycles. The Morgan fingerprint density at radius 1 is 1.17 bits per heavy atom. The molecule has 0 atom stereocenters. The van der Waals surface area contributed by atoms with E-state index >= 15 is 0 Å². The van der Waals surface area contributed by atoms with Gasteiger partial charge in [-0.05, 0) is 37.5 Å². The molecule has 1 aliphatic carbocycles. The van der Waals surface area contributed by atoms with E-state index in [9.17, 15) is 18.0 Å². The number of amides is 1. The number of nitrogens with one attached hydrogen (secondary N) is 2. The molecule has 1 amide bonds. The lowest BCUT2D eigenvalue weighted by molar-refractivity contribution is -0.138. The molecule has 1 aliphatic rings. The van der Waals surface area contributed by atoms with Gasteiger partial charge in [0.15, 0.2) is 0 Å². The number of carbonyl (C=O) groups is 1. The first-order valence-electron chi connectivity index (χ1n) is 7.63. The normalized spacial score (nSPS) is 14.8. The van der Waals surface area contributed by atoms with E-state index in [0.29, 0.717) is 5.69 Å². The van der Waals surface area contributed by atoms with Crippen LogP contribution < -0.4 is 10.6 Å². The highest BCUT2D eigenvalue weighted by atomic mass is 19.4. The zero-order valence-electron chi connectivity index (χ0n) is 12.7. The van der Waals surface area contributed by atoms with Crippen molar-refractivity contribution in [1.29, 1.82) is 0 Å². The lowest BCUT2D eigenvalue weighted by Gasteiger charge is -2.26. The number of para-hydroxylation sites is 1. The van der Waals surface area contributed by atoms with Gasteiger partial charge in [0.1, 0.15) is 5.82 Å². The molecule has 0 spiro atoms. The number of hydrogen-bond acceptors (Lipinski definition) is 3. The summed E-state index contributed by atoms with van der Waals surface area (Å²) in [7, 11) is 0. The molecule has 0 radical (unpaired) electrons. The number of nitrogens with zero attached hydrogens (tertiary/aromatic N) is 1. The molecule has 1 saturated carbocycles.